The van der Waals surface area contributed by atoms with Gasteiger partial charge < -0.3 is 32.3 Å². The predicted octanol–water partition coefficient (Wildman–Crippen LogP) is 4.89. The Bertz CT molecular complexity index is 1460. The molecule has 2 aliphatic rings. The van der Waals surface area contributed by atoms with Crippen LogP contribution in [0.2, 0.25) is 0 Å². The number of hydrogen-bond donors (Lipinski definition) is 1. The summed E-state index contributed by atoms with van der Waals surface area (Å²) in [6, 6.07) is 2.33. The number of anilines is 2. The summed E-state index contributed by atoms with van der Waals surface area (Å²) in [6.07, 6.45) is 2.38. The van der Waals surface area contributed by atoms with Crippen LogP contribution in [0.4, 0.5) is 24.8 Å². The van der Waals surface area contributed by atoms with Gasteiger partial charge in [0.2, 0.25) is 0 Å². The summed E-state index contributed by atoms with van der Waals surface area (Å²) in [5.41, 5.74) is 6.42. The summed E-state index contributed by atoms with van der Waals surface area (Å²) < 4.78 is 35.2. The van der Waals surface area contributed by atoms with E-state index in [4.69, 9.17) is 9.97 Å². The largest absolute Gasteiger partial charge is 1.00 e. The fraction of sp³-hybridized carbons (Fsp3) is 0.486. The van der Waals surface area contributed by atoms with E-state index in [1.807, 2.05) is 52.0 Å². The Balaban J connectivity index is 0.00000138. The molecule has 4 rings (SSSR count). The zero-order valence-electron chi connectivity index (χ0n) is 32.1. The zero-order chi connectivity index (χ0) is 36.2. The molecule has 1 N–H and O–H groups in total. The summed E-state index contributed by atoms with van der Waals surface area (Å²) in [7, 11) is 3.98. The Morgan fingerprint density at radius 2 is 1.76 bits per heavy atom. The molecule has 1 unspecified atom stereocenters. The Kier molecular flexibility index (Phi) is 21.6. The number of nitrogens with zero attached hydrogens (tertiary/aromatic N) is 8. The van der Waals surface area contributed by atoms with Crippen LogP contribution in [0.3, 0.4) is 0 Å². The van der Waals surface area contributed by atoms with Crippen molar-refractivity contribution >= 4 is 22.9 Å². The van der Waals surface area contributed by atoms with Gasteiger partial charge in [-0.25, -0.2) is 19.9 Å². The van der Waals surface area contributed by atoms with Crippen molar-refractivity contribution in [2.45, 2.75) is 73.0 Å². The van der Waals surface area contributed by atoms with Gasteiger partial charge in [-0.3, -0.25) is 0 Å². The minimum atomic E-state index is -4.26. The first-order valence-corrected chi connectivity index (χ1v) is 16.6. The fourth-order valence-corrected chi connectivity index (χ4v) is 5.55. The number of rotatable bonds is 11. The smallest absolute Gasteiger partial charge is 0.391 e. The Labute approximate surface area is 358 Å². The van der Waals surface area contributed by atoms with Crippen LogP contribution in [-0.4, -0.2) is 88.8 Å². The molecule has 4 heterocycles. The third-order valence-electron chi connectivity index (χ3n) is 8.12. The molecule has 272 valence electrons. The predicted molar refractivity (Wildman–Crippen MR) is 200 cm³/mol. The van der Waals surface area contributed by atoms with E-state index < -0.39 is 11.7 Å². The van der Waals surface area contributed by atoms with Crippen molar-refractivity contribution in [1.29, 1.82) is 0 Å². The minimum Gasteiger partial charge on any atom is -0.391 e. The number of allylic oxidation sites excluding steroid dienone is 2. The van der Waals surface area contributed by atoms with E-state index in [-0.39, 0.29) is 89.3 Å². The monoisotopic (exact) mass is 817 g/mol. The molecule has 1 saturated heterocycles. The van der Waals surface area contributed by atoms with Gasteiger partial charge in [-0.2, -0.15) is 13.2 Å². The molecule has 1 atom stereocenters. The molecule has 0 aromatic carbocycles. The first-order valence-electron chi connectivity index (χ1n) is 16.6. The van der Waals surface area contributed by atoms with E-state index in [0.29, 0.717) is 6.04 Å². The van der Waals surface area contributed by atoms with E-state index in [1.165, 1.54) is 17.6 Å². The zero-order valence-corrected chi connectivity index (χ0v) is 38.4. The number of aryl methyl sites for hydroxylation is 1. The number of piperazine rings is 1. The van der Waals surface area contributed by atoms with Gasteiger partial charge in [0, 0.05) is 75.4 Å². The standard InChI is InChI=1S/C27H38N8.C7H10F3N.C2H6.CH3.Cs/c1-9-21-16-33(20(6)22-14-18(4)29-17-30-22)12-13-35(21)26-19(5)25-27(34(11-3)23(26)10-2)28-15-24(31-25)32(7)8;1-3-11-5-4-6(2)7(8,9)10;1-2;;/h14-15,17,21H,5-6,9-13,16H2,1-4,7-8H3;3,11H,1-2,4-5H2;1-2H3;1H3;/q;;;-1;+1. The summed E-state index contributed by atoms with van der Waals surface area (Å²) in [6.45, 7) is 31.5. The molecule has 0 spiro atoms. The molecule has 0 amide bonds. The van der Waals surface area contributed by atoms with E-state index in [9.17, 15) is 13.2 Å². The third-order valence-corrected chi connectivity index (χ3v) is 8.12. The normalized spacial score (nSPS) is 15.2. The quantitative estimate of drug-likeness (QED) is 0.194. The topological polar surface area (TPSA) is 76.6 Å². The number of fused-ring (bicyclic) bond motifs is 1. The number of hydrogen-bond acceptors (Lipinski definition) is 9. The molecule has 2 aromatic rings. The average molecular weight is 818 g/mol. The van der Waals surface area contributed by atoms with Gasteiger partial charge in [0.1, 0.15) is 17.8 Å². The van der Waals surface area contributed by atoms with Crippen molar-refractivity contribution in [2.24, 2.45) is 0 Å². The number of halogens is 3. The van der Waals surface area contributed by atoms with Gasteiger partial charge in [0.05, 0.1) is 23.3 Å². The van der Waals surface area contributed by atoms with Crippen LogP contribution in [-0.2, 0) is 0 Å². The average Bonchev–Trinajstić information content (AvgIpc) is 3.08. The van der Waals surface area contributed by atoms with Crippen molar-refractivity contribution in [3.8, 4) is 0 Å². The van der Waals surface area contributed by atoms with Gasteiger partial charge >= 0.3 is 75.1 Å². The van der Waals surface area contributed by atoms with Crippen LogP contribution in [0.5, 0.6) is 0 Å². The second kappa shape index (κ2) is 22.6. The molecule has 0 bridgehead atoms. The van der Waals surface area contributed by atoms with Gasteiger partial charge in [0.25, 0.3) is 0 Å². The molecule has 0 aliphatic carbocycles. The first-order chi connectivity index (χ1) is 22.8. The molecule has 13 heteroatoms. The van der Waals surface area contributed by atoms with Crippen LogP contribution in [0.15, 0.2) is 68.1 Å². The van der Waals surface area contributed by atoms with E-state index >= 15 is 0 Å². The van der Waals surface area contributed by atoms with Crippen molar-refractivity contribution in [1.82, 2.24) is 35.1 Å². The fourth-order valence-electron chi connectivity index (χ4n) is 5.55. The second-order valence-electron chi connectivity index (χ2n) is 11.4. The Morgan fingerprint density at radius 1 is 1.10 bits per heavy atom. The van der Waals surface area contributed by atoms with Crippen molar-refractivity contribution < 1.29 is 82.1 Å². The van der Waals surface area contributed by atoms with Crippen LogP contribution >= 0.6 is 0 Å². The van der Waals surface area contributed by atoms with Gasteiger partial charge in [0.15, 0.2) is 5.82 Å². The molecule has 1 fully saturated rings. The van der Waals surface area contributed by atoms with Gasteiger partial charge in [-0.1, -0.05) is 54.0 Å². The van der Waals surface area contributed by atoms with E-state index in [0.717, 1.165) is 79.0 Å². The first kappa shape index (κ1) is 47.7. The number of aromatic nitrogens is 4. The number of nitrogens with one attached hydrogen (secondary N) is 1. The van der Waals surface area contributed by atoms with Crippen LogP contribution in [0.25, 0.3) is 11.3 Å². The molecule has 0 radical (unpaired) electrons. The van der Waals surface area contributed by atoms with Gasteiger partial charge in [-0.05, 0) is 45.4 Å². The molecule has 9 nitrogen and oxygen atoms in total. The summed E-state index contributed by atoms with van der Waals surface area (Å²) in [5, 5.41) is 2.55. The minimum absolute atomic E-state index is 0. The maximum Gasteiger partial charge on any atom is 1.00 e. The molecule has 0 saturated carbocycles. The summed E-state index contributed by atoms with van der Waals surface area (Å²) >= 11 is 0. The second-order valence-corrected chi connectivity index (χ2v) is 11.4. The molecule has 50 heavy (non-hydrogen) atoms. The molecular weight excluding hydrogens is 760 g/mol. The molecule has 2 aliphatic heterocycles. The third kappa shape index (κ3) is 12.1. The molecule has 2 aromatic heterocycles. The maximum absolute atomic E-state index is 11.7. The van der Waals surface area contributed by atoms with Crippen LogP contribution < -0.4 is 84.0 Å². The van der Waals surface area contributed by atoms with E-state index in [2.05, 4.69) is 77.1 Å². The Morgan fingerprint density at radius 3 is 2.28 bits per heavy atom. The van der Waals surface area contributed by atoms with Crippen molar-refractivity contribution in [3.05, 3.63) is 92.6 Å². The number of alkyl halides is 3. The van der Waals surface area contributed by atoms with E-state index in [1.54, 1.807) is 6.33 Å². The summed E-state index contributed by atoms with van der Waals surface area (Å²) in [4.78, 5) is 27.7. The van der Waals surface area contributed by atoms with Crippen LogP contribution in [0, 0.1) is 14.4 Å². The van der Waals surface area contributed by atoms with Gasteiger partial charge in [-0.15, -0.1) is 0 Å². The Hall–Kier alpha value is -2.30. The SMILES string of the molecule is C=C1C(N2CCN(C(=C)c3cc(C)ncn3)CC2CC)=C(CC)N(CC)c2ncc(N(C)C)nc21.C=CNCCC(=C)C(F)(F)F.CC.[CH3-].[Cs+]. The summed E-state index contributed by atoms with van der Waals surface area (Å²) in [5.74, 6) is 1.75. The van der Waals surface area contributed by atoms with Crippen molar-refractivity contribution in [2.75, 3.05) is 56.6 Å². The van der Waals surface area contributed by atoms with Crippen molar-refractivity contribution in [3.63, 3.8) is 0 Å². The maximum atomic E-state index is 11.7. The molecular formula is C37H57CsF3N9. The van der Waals surface area contributed by atoms with Crippen LogP contribution in [0.1, 0.15) is 71.0 Å².